The highest BCUT2D eigenvalue weighted by atomic mass is 19.1. The molecule has 1 aliphatic rings. The first-order valence-corrected chi connectivity index (χ1v) is 6.19. The van der Waals surface area contributed by atoms with Crippen LogP contribution in [-0.4, -0.2) is 13.1 Å². The van der Waals surface area contributed by atoms with E-state index in [9.17, 15) is 4.39 Å². The average molecular weight is 221 g/mol. The second-order valence-electron chi connectivity index (χ2n) is 4.75. The first-order chi connectivity index (χ1) is 7.73. The van der Waals surface area contributed by atoms with Gasteiger partial charge in [0.25, 0.3) is 0 Å². The molecular weight excluding hydrogens is 201 g/mol. The minimum Gasteiger partial charge on any atom is -0.316 e. The zero-order valence-electron chi connectivity index (χ0n) is 10.1. The molecule has 2 heteroatoms. The van der Waals surface area contributed by atoms with Crippen molar-refractivity contribution >= 4 is 0 Å². The van der Waals surface area contributed by atoms with E-state index in [1.54, 1.807) is 12.1 Å². The molecule has 0 spiro atoms. The van der Waals surface area contributed by atoms with Crippen LogP contribution >= 0.6 is 0 Å². The molecule has 2 atom stereocenters. The highest BCUT2D eigenvalue weighted by Crippen LogP contribution is 2.55. The van der Waals surface area contributed by atoms with Gasteiger partial charge in [-0.15, -0.1) is 0 Å². The zero-order valence-corrected chi connectivity index (χ0v) is 10.1. The summed E-state index contributed by atoms with van der Waals surface area (Å²) in [7, 11) is 0. The molecule has 1 nitrogen and oxygen atoms in total. The van der Waals surface area contributed by atoms with Gasteiger partial charge in [0.05, 0.1) is 0 Å². The number of hydrogen-bond acceptors (Lipinski definition) is 1. The van der Waals surface area contributed by atoms with E-state index >= 15 is 0 Å². The van der Waals surface area contributed by atoms with Gasteiger partial charge in [-0.2, -0.15) is 0 Å². The smallest absolute Gasteiger partial charge is 0.123 e. The third-order valence-electron chi connectivity index (χ3n) is 3.83. The summed E-state index contributed by atoms with van der Waals surface area (Å²) >= 11 is 0. The molecule has 1 fully saturated rings. The second kappa shape index (κ2) is 4.54. The van der Waals surface area contributed by atoms with Gasteiger partial charge in [0.15, 0.2) is 0 Å². The Morgan fingerprint density at radius 1 is 1.31 bits per heavy atom. The summed E-state index contributed by atoms with van der Waals surface area (Å²) in [5.41, 5.74) is 1.57. The Balaban J connectivity index is 2.17. The molecule has 1 aliphatic carbocycles. The average Bonchev–Trinajstić information content (AvgIpc) is 3.02. The van der Waals surface area contributed by atoms with Crippen molar-refractivity contribution < 1.29 is 4.39 Å². The molecule has 1 saturated carbocycles. The first kappa shape index (κ1) is 11.6. The molecule has 1 aromatic carbocycles. The Morgan fingerprint density at radius 3 is 2.50 bits per heavy atom. The summed E-state index contributed by atoms with van der Waals surface area (Å²) in [6, 6.07) is 7.05. The summed E-state index contributed by atoms with van der Waals surface area (Å²) < 4.78 is 12.9. The monoisotopic (exact) mass is 221 g/mol. The quantitative estimate of drug-likeness (QED) is 0.805. The van der Waals surface area contributed by atoms with E-state index in [4.69, 9.17) is 0 Å². The van der Waals surface area contributed by atoms with E-state index < -0.39 is 0 Å². The van der Waals surface area contributed by atoms with Gasteiger partial charge in [-0.1, -0.05) is 32.4 Å². The van der Waals surface area contributed by atoms with Crippen LogP contribution in [-0.2, 0) is 5.41 Å². The van der Waals surface area contributed by atoms with Gasteiger partial charge in [-0.05, 0) is 36.6 Å². The van der Waals surface area contributed by atoms with Crippen molar-refractivity contribution in [3.63, 3.8) is 0 Å². The van der Waals surface area contributed by atoms with Crippen LogP contribution in [0.2, 0.25) is 0 Å². The first-order valence-electron chi connectivity index (χ1n) is 6.19. The summed E-state index contributed by atoms with van der Waals surface area (Å²) in [5.74, 6) is 0.619. The maximum absolute atomic E-state index is 12.9. The predicted octanol–water partition coefficient (Wildman–Crippen LogP) is 3.10. The summed E-state index contributed by atoms with van der Waals surface area (Å²) in [6.45, 7) is 6.39. The molecular formula is C14H20FN. The molecule has 0 amide bonds. The van der Waals surface area contributed by atoms with E-state index in [1.165, 1.54) is 18.4 Å². The fourth-order valence-corrected chi connectivity index (χ4v) is 2.72. The van der Waals surface area contributed by atoms with Crippen molar-refractivity contribution in [2.75, 3.05) is 13.1 Å². The molecule has 0 radical (unpaired) electrons. The summed E-state index contributed by atoms with van der Waals surface area (Å²) in [4.78, 5) is 0. The van der Waals surface area contributed by atoms with Crippen molar-refractivity contribution in [3.05, 3.63) is 35.6 Å². The van der Waals surface area contributed by atoms with E-state index in [0.29, 0.717) is 0 Å². The molecule has 1 N–H and O–H groups in total. The SMILES string of the molecule is CCNCC1(c2ccc(F)cc2)CC1CC. The van der Waals surface area contributed by atoms with Crippen LogP contribution in [0.1, 0.15) is 32.3 Å². The topological polar surface area (TPSA) is 12.0 Å². The van der Waals surface area contributed by atoms with Gasteiger partial charge in [0, 0.05) is 12.0 Å². The van der Waals surface area contributed by atoms with Gasteiger partial charge in [-0.25, -0.2) is 4.39 Å². The van der Waals surface area contributed by atoms with Gasteiger partial charge >= 0.3 is 0 Å². The van der Waals surface area contributed by atoms with Crippen LogP contribution in [0.15, 0.2) is 24.3 Å². The minimum atomic E-state index is -0.143. The standard InChI is InChI=1S/C14H20FN/c1-3-11-9-14(11,10-16-4-2)12-5-7-13(15)8-6-12/h5-8,11,16H,3-4,9-10H2,1-2H3. The van der Waals surface area contributed by atoms with Crippen LogP contribution in [0.25, 0.3) is 0 Å². The normalized spacial score (nSPS) is 28.1. The lowest BCUT2D eigenvalue weighted by Gasteiger charge is -2.18. The lowest BCUT2D eigenvalue weighted by Crippen LogP contribution is -2.28. The Bertz CT molecular complexity index is 346. The molecule has 0 saturated heterocycles. The van der Waals surface area contributed by atoms with Gasteiger partial charge < -0.3 is 5.32 Å². The zero-order chi connectivity index (χ0) is 11.6. The van der Waals surface area contributed by atoms with Gasteiger partial charge in [0.1, 0.15) is 5.82 Å². The van der Waals surface area contributed by atoms with Gasteiger partial charge in [-0.3, -0.25) is 0 Å². The molecule has 0 bridgehead atoms. The Kier molecular flexibility index (Phi) is 3.29. The molecule has 2 unspecified atom stereocenters. The summed E-state index contributed by atoms with van der Waals surface area (Å²) in [5, 5.41) is 3.43. The van der Waals surface area contributed by atoms with E-state index in [1.807, 2.05) is 12.1 Å². The Hall–Kier alpha value is -0.890. The highest BCUT2D eigenvalue weighted by Gasteiger charge is 2.53. The Morgan fingerprint density at radius 2 is 2.00 bits per heavy atom. The maximum Gasteiger partial charge on any atom is 0.123 e. The third-order valence-corrected chi connectivity index (χ3v) is 3.83. The lowest BCUT2D eigenvalue weighted by molar-refractivity contribution is 0.532. The third kappa shape index (κ3) is 1.99. The second-order valence-corrected chi connectivity index (χ2v) is 4.75. The molecule has 0 aliphatic heterocycles. The maximum atomic E-state index is 12.9. The molecule has 16 heavy (non-hydrogen) atoms. The highest BCUT2D eigenvalue weighted by molar-refractivity contribution is 5.34. The van der Waals surface area contributed by atoms with Crippen LogP contribution in [0, 0.1) is 11.7 Å². The van der Waals surface area contributed by atoms with E-state index in [-0.39, 0.29) is 11.2 Å². The van der Waals surface area contributed by atoms with E-state index in [0.717, 1.165) is 19.0 Å². The van der Waals surface area contributed by atoms with Crippen molar-refractivity contribution in [1.82, 2.24) is 5.32 Å². The van der Waals surface area contributed by atoms with Crippen molar-refractivity contribution in [2.24, 2.45) is 5.92 Å². The molecule has 1 aromatic rings. The molecule has 88 valence electrons. The van der Waals surface area contributed by atoms with Crippen LogP contribution < -0.4 is 5.32 Å². The Labute approximate surface area is 97.1 Å². The summed E-state index contributed by atoms with van der Waals surface area (Å²) in [6.07, 6.45) is 2.45. The van der Waals surface area contributed by atoms with Crippen molar-refractivity contribution in [3.8, 4) is 0 Å². The number of nitrogens with one attached hydrogen (secondary N) is 1. The van der Waals surface area contributed by atoms with Crippen molar-refractivity contribution in [2.45, 2.75) is 32.1 Å². The van der Waals surface area contributed by atoms with Crippen LogP contribution in [0.4, 0.5) is 4.39 Å². The lowest BCUT2D eigenvalue weighted by atomic mass is 9.92. The number of hydrogen-bond donors (Lipinski definition) is 1. The molecule has 0 aromatic heterocycles. The van der Waals surface area contributed by atoms with Crippen molar-refractivity contribution in [1.29, 1.82) is 0 Å². The van der Waals surface area contributed by atoms with Gasteiger partial charge in [0.2, 0.25) is 0 Å². The fourth-order valence-electron chi connectivity index (χ4n) is 2.72. The number of rotatable bonds is 5. The predicted molar refractivity (Wildman–Crippen MR) is 65.0 cm³/mol. The van der Waals surface area contributed by atoms with E-state index in [2.05, 4.69) is 19.2 Å². The number of halogens is 1. The largest absolute Gasteiger partial charge is 0.316 e. The fraction of sp³-hybridized carbons (Fsp3) is 0.571. The molecule has 2 rings (SSSR count). The van der Waals surface area contributed by atoms with Crippen LogP contribution in [0.5, 0.6) is 0 Å². The molecule has 0 heterocycles. The number of benzene rings is 1. The van der Waals surface area contributed by atoms with Crippen LogP contribution in [0.3, 0.4) is 0 Å². The number of likely N-dealkylation sites (N-methyl/N-ethyl adjacent to an activating group) is 1. The minimum absolute atomic E-state index is 0.143.